The molecule has 0 N–H and O–H groups in total. The fourth-order valence-electron chi connectivity index (χ4n) is 1.71. The Morgan fingerprint density at radius 2 is 1.87 bits per heavy atom. The molecule has 8 heteroatoms. The zero-order valence-electron chi connectivity index (χ0n) is 12.1. The van der Waals surface area contributed by atoms with Gasteiger partial charge in [0.05, 0.1) is 6.61 Å². The van der Waals surface area contributed by atoms with Crippen LogP contribution in [-0.2, 0) is 9.53 Å². The fourth-order valence-corrected chi connectivity index (χ4v) is 2.55. The molecule has 0 bridgehead atoms. The number of hydrogen-bond acceptors (Lipinski definition) is 5. The number of esters is 1. The average Bonchev–Trinajstić information content (AvgIpc) is 2.93. The summed E-state index contributed by atoms with van der Waals surface area (Å²) in [6, 6.07) is 7.21. The summed E-state index contributed by atoms with van der Waals surface area (Å²) in [7, 11) is 0. The molecule has 0 aliphatic carbocycles. The number of carbonyl (C=O) groups is 1. The third kappa shape index (κ3) is 5.48. The molecular weight excluding hydrogens is 333 g/mol. The minimum atomic E-state index is -4.71. The molecule has 1 aromatic carbocycles. The second-order valence-electron chi connectivity index (χ2n) is 4.31. The van der Waals surface area contributed by atoms with E-state index in [1.54, 1.807) is 18.4 Å². The quantitative estimate of drug-likeness (QED) is 0.734. The maximum atomic E-state index is 12.1. The number of ether oxygens (including phenoxy) is 3. The summed E-state index contributed by atoms with van der Waals surface area (Å²) < 4.78 is 50.1. The van der Waals surface area contributed by atoms with Crippen molar-refractivity contribution in [3.63, 3.8) is 0 Å². The molecule has 0 saturated heterocycles. The first-order chi connectivity index (χ1) is 10.9. The van der Waals surface area contributed by atoms with E-state index in [1.165, 1.54) is 35.6 Å². The van der Waals surface area contributed by atoms with Gasteiger partial charge in [-0.1, -0.05) is 0 Å². The van der Waals surface area contributed by atoms with E-state index in [1.807, 2.05) is 0 Å². The van der Waals surface area contributed by atoms with Crippen LogP contribution in [0.1, 0.15) is 6.92 Å². The predicted octanol–water partition coefficient (Wildman–Crippen LogP) is 4.26. The summed E-state index contributed by atoms with van der Waals surface area (Å²) in [5.41, 5.74) is 0.718. The fraction of sp³-hybridized carbons (Fsp3) is 0.267. The number of hydrogen-bond donors (Lipinski definition) is 0. The minimum Gasteiger partial charge on any atom is -0.481 e. The lowest BCUT2D eigenvalue weighted by Crippen LogP contribution is -2.16. The topological polar surface area (TPSA) is 44.8 Å². The third-order valence-corrected chi connectivity index (χ3v) is 3.57. The molecular formula is C15H13F3O4S. The lowest BCUT2D eigenvalue weighted by molar-refractivity contribution is -0.274. The van der Waals surface area contributed by atoms with E-state index in [2.05, 4.69) is 4.74 Å². The summed E-state index contributed by atoms with van der Waals surface area (Å²) in [5.74, 6) is -0.251. The van der Waals surface area contributed by atoms with Crippen molar-refractivity contribution in [2.45, 2.75) is 13.3 Å². The lowest BCUT2D eigenvalue weighted by Gasteiger charge is -2.08. The Labute approximate surface area is 134 Å². The molecule has 1 aromatic heterocycles. The van der Waals surface area contributed by atoms with Crippen LogP contribution < -0.4 is 9.47 Å². The number of thiophene rings is 1. The van der Waals surface area contributed by atoms with E-state index < -0.39 is 12.3 Å². The van der Waals surface area contributed by atoms with Crippen LogP contribution in [0.2, 0.25) is 0 Å². The van der Waals surface area contributed by atoms with Gasteiger partial charge in [-0.25, -0.2) is 4.79 Å². The molecule has 4 nitrogen and oxygen atoms in total. The van der Waals surface area contributed by atoms with Gasteiger partial charge >= 0.3 is 12.3 Å². The van der Waals surface area contributed by atoms with Crippen LogP contribution in [0.5, 0.6) is 11.5 Å². The standard InChI is InChI=1S/C15H13F3O4S/c1-2-20-14(19)8-21-12-7-13(23-9-12)10-3-5-11(6-4-10)22-15(16,17)18/h3-7,9H,2,8H2,1H3. The lowest BCUT2D eigenvalue weighted by atomic mass is 10.2. The number of benzene rings is 1. The Kier molecular flexibility index (Phi) is 5.49. The van der Waals surface area contributed by atoms with E-state index in [-0.39, 0.29) is 19.0 Å². The van der Waals surface area contributed by atoms with Gasteiger partial charge in [-0.2, -0.15) is 0 Å². The number of rotatable bonds is 6. The van der Waals surface area contributed by atoms with Crippen molar-refractivity contribution in [1.29, 1.82) is 0 Å². The highest BCUT2D eigenvalue weighted by atomic mass is 32.1. The van der Waals surface area contributed by atoms with Crippen molar-refractivity contribution in [2.75, 3.05) is 13.2 Å². The van der Waals surface area contributed by atoms with Crippen molar-refractivity contribution >= 4 is 17.3 Å². The van der Waals surface area contributed by atoms with Gasteiger partial charge in [0.15, 0.2) is 6.61 Å². The zero-order valence-corrected chi connectivity index (χ0v) is 12.9. The Bertz CT molecular complexity index is 649. The highest BCUT2D eigenvalue weighted by molar-refractivity contribution is 7.13. The van der Waals surface area contributed by atoms with Crippen molar-refractivity contribution in [2.24, 2.45) is 0 Å². The zero-order chi connectivity index (χ0) is 16.9. The van der Waals surface area contributed by atoms with E-state index >= 15 is 0 Å². The van der Waals surface area contributed by atoms with E-state index in [0.29, 0.717) is 5.75 Å². The average molecular weight is 346 g/mol. The molecule has 0 fully saturated rings. The van der Waals surface area contributed by atoms with Gasteiger partial charge in [0.2, 0.25) is 0 Å². The van der Waals surface area contributed by atoms with Crippen molar-refractivity contribution in [1.82, 2.24) is 0 Å². The number of alkyl halides is 3. The summed E-state index contributed by atoms with van der Waals surface area (Å²) in [6.45, 7) is 1.79. The molecule has 0 radical (unpaired) electrons. The molecule has 0 unspecified atom stereocenters. The van der Waals surface area contributed by atoms with Crippen LogP contribution in [0, 0.1) is 0 Å². The Morgan fingerprint density at radius 1 is 1.17 bits per heavy atom. The van der Waals surface area contributed by atoms with Crippen LogP contribution in [0.3, 0.4) is 0 Å². The van der Waals surface area contributed by atoms with Crippen LogP contribution in [-0.4, -0.2) is 25.5 Å². The van der Waals surface area contributed by atoms with Crippen molar-refractivity contribution in [3.8, 4) is 21.9 Å². The van der Waals surface area contributed by atoms with E-state index in [9.17, 15) is 18.0 Å². The van der Waals surface area contributed by atoms with Crippen LogP contribution >= 0.6 is 11.3 Å². The smallest absolute Gasteiger partial charge is 0.481 e. The van der Waals surface area contributed by atoms with Gasteiger partial charge in [-0.05, 0) is 42.8 Å². The maximum absolute atomic E-state index is 12.1. The highest BCUT2D eigenvalue weighted by Gasteiger charge is 2.30. The molecule has 0 spiro atoms. The van der Waals surface area contributed by atoms with Crippen molar-refractivity contribution in [3.05, 3.63) is 35.7 Å². The molecule has 0 atom stereocenters. The van der Waals surface area contributed by atoms with Crippen LogP contribution in [0.25, 0.3) is 10.4 Å². The summed E-state index contributed by atoms with van der Waals surface area (Å²) in [5, 5.41) is 1.70. The molecule has 2 rings (SSSR count). The second-order valence-corrected chi connectivity index (χ2v) is 5.22. The first kappa shape index (κ1) is 17.1. The molecule has 2 aromatic rings. The molecule has 124 valence electrons. The monoisotopic (exact) mass is 346 g/mol. The van der Waals surface area contributed by atoms with Crippen LogP contribution in [0.4, 0.5) is 13.2 Å². The minimum absolute atomic E-state index is 0.192. The number of halogens is 3. The molecule has 23 heavy (non-hydrogen) atoms. The highest BCUT2D eigenvalue weighted by Crippen LogP contribution is 2.33. The van der Waals surface area contributed by atoms with Crippen molar-refractivity contribution < 1.29 is 32.2 Å². The summed E-state index contributed by atoms with van der Waals surface area (Å²) in [6.07, 6.45) is -4.71. The molecule has 0 aliphatic rings. The van der Waals surface area contributed by atoms with E-state index in [0.717, 1.165) is 10.4 Å². The SMILES string of the molecule is CCOC(=O)COc1csc(-c2ccc(OC(F)(F)F)cc2)c1. The Morgan fingerprint density at radius 3 is 2.48 bits per heavy atom. The van der Waals surface area contributed by atoms with Gasteiger partial charge in [0.25, 0.3) is 0 Å². The number of carbonyl (C=O) groups excluding carboxylic acids is 1. The largest absolute Gasteiger partial charge is 0.573 e. The first-order valence-electron chi connectivity index (χ1n) is 6.60. The van der Waals surface area contributed by atoms with E-state index in [4.69, 9.17) is 9.47 Å². The van der Waals surface area contributed by atoms with Gasteiger partial charge in [-0.15, -0.1) is 24.5 Å². The Balaban J connectivity index is 1.98. The summed E-state index contributed by atoms with van der Waals surface area (Å²) in [4.78, 5) is 12.0. The maximum Gasteiger partial charge on any atom is 0.573 e. The molecule has 1 heterocycles. The van der Waals surface area contributed by atoms with Gasteiger partial charge < -0.3 is 14.2 Å². The first-order valence-corrected chi connectivity index (χ1v) is 7.48. The Hall–Kier alpha value is -2.22. The predicted molar refractivity (Wildman–Crippen MR) is 78.6 cm³/mol. The third-order valence-electron chi connectivity index (χ3n) is 2.61. The molecule has 0 saturated carbocycles. The molecule has 0 amide bonds. The van der Waals surface area contributed by atoms with Gasteiger partial charge in [0.1, 0.15) is 11.5 Å². The second kappa shape index (κ2) is 7.36. The normalized spacial score (nSPS) is 11.1. The van der Waals surface area contributed by atoms with Gasteiger partial charge in [0, 0.05) is 10.3 Å². The van der Waals surface area contributed by atoms with Crippen LogP contribution in [0.15, 0.2) is 35.7 Å². The summed E-state index contributed by atoms with van der Waals surface area (Å²) >= 11 is 1.35. The molecule has 0 aliphatic heterocycles. The van der Waals surface area contributed by atoms with Gasteiger partial charge in [-0.3, -0.25) is 0 Å².